The fraction of sp³-hybridized carbons (Fsp3) is 0.565. The molecule has 1 heterocycles. The van der Waals surface area contributed by atoms with E-state index in [4.69, 9.17) is 4.74 Å². The van der Waals surface area contributed by atoms with Gasteiger partial charge in [-0.15, -0.1) is 0 Å². The first-order chi connectivity index (χ1) is 14.1. The Hall–Kier alpha value is -2.70. The lowest BCUT2D eigenvalue weighted by atomic mass is 9.81. The van der Waals surface area contributed by atoms with E-state index in [1.165, 1.54) is 13.8 Å². The van der Waals surface area contributed by atoms with Crippen molar-refractivity contribution in [1.29, 1.82) is 0 Å². The summed E-state index contributed by atoms with van der Waals surface area (Å²) in [5.41, 5.74) is 3.62. The number of likely N-dealkylation sites (tertiary alicyclic amines) is 1. The molecule has 162 valence electrons. The fourth-order valence-electron chi connectivity index (χ4n) is 4.60. The molecule has 3 rings (SSSR count). The number of amides is 3. The number of carbonyl (C=O) groups excluding carboxylic acids is 4. The average molecular weight is 415 g/mol. The maximum absolute atomic E-state index is 12.7. The zero-order chi connectivity index (χ0) is 22.2. The van der Waals surface area contributed by atoms with Gasteiger partial charge in [0.25, 0.3) is 5.91 Å². The van der Waals surface area contributed by atoms with Crippen molar-refractivity contribution < 1.29 is 23.9 Å². The molecule has 1 aliphatic carbocycles. The molecule has 2 fully saturated rings. The first-order valence-corrected chi connectivity index (χ1v) is 10.6. The van der Waals surface area contributed by atoms with E-state index in [0.717, 1.165) is 34.4 Å². The van der Waals surface area contributed by atoms with Gasteiger partial charge in [0.05, 0.1) is 11.8 Å². The molecule has 30 heavy (non-hydrogen) atoms. The van der Waals surface area contributed by atoms with Crippen LogP contribution in [0, 0.1) is 32.6 Å². The van der Waals surface area contributed by atoms with Crippen molar-refractivity contribution in [3.05, 3.63) is 28.8 Å². The Balaban J connectivity index is 1.64. The molecular weight excluding hydrogens is 384 g/mol. The quantitative estimate of drug-likeness (QED) is 0.590. The van der Waals surface area contributed by atoms with Gasteiger partial charge in [-0.3, -0.25) is 19.3 Å². The van der Waals surface area contributed by atoms with E-state index in [2.05, 4.69) is 5.32 Å². The largest absolute Gasteiger partial charge is 0.451 e. The van der Waals surface area contributed by atoms with Gasteiger partial charge in [0.15, 0.2) is 6.10 Å². The third-order valence-electron chi connectivity index (χ3n) is 6.19. The van der Waals surface area contributed by atoms with Crippen molar-refractivity contribution in [2.45, 2.75) is 72.4 Å². The van der Waals surface area contributed by atoms with E-state index in [1.54, 1.807) is 0 Å². The summed E-state index contributed by atoms with van der Waals surface area (Å²) < 4.78 is 5.31. The second kappa shape index (κ2) is 8.58. The molecule has 2 aliphatic rings. The lowest BCUT2D eigenvalue weighted by molar-refractivity contribution is -0.163. The van der Waals surface area contributed by atoms with Gasteiger partial charge < -0.3 is 10.1 Å². The minimum atomic E-state index is -1.06. The van der Waals surface area contributed by atoms with E-state index < -0.39 is 24.0 Å². The molecule has 0 radical (unpaired) electrons. The highest BCUT2D eigenvalue weighted by atomic mass is 16.5. The first-order valence-electron chi connectivity index (χ1n) is 10.6. The van der Waals surface area contributed by atoms with Gasteiger partial charge in [0.2, 0.25) is 11.8 Å². The molecule has 3 unspecified atom stereocenters. The van der Waals surface area contributed by atoms with E-state index in [0.29, 0.717) is 18.5 Å². The number of ether oxygens (including phenoxy) is 1. The molecule has 4 atom stereocenters. The number of anilines is 1. The Morgan fingerprint density at radius 2 is 1.50 bits per heavy atom. The van der Waals surface area contributed by atoms with E-state index in [1.807, 2.05) is 32.9 Å². The normalized spacial score (nSPS) is 23.0. The molecule has 0 spiro atoms. The molecule has 1 saturated carbocycles. The van der Waals surface area contributed by atoms with E-state index in [9.17, 15) is 19.2 Å². The highest BCUT2D eigenvalue weighted by Crippen LogP contribution is 2.39. The number of fused-ring (bicyclic) bond motifs is 1. The van der Waals surface area contributed by atoms with Crippen LogP contribution < -0.4 is 5.32 Å². The summed E-state index contributed by atoms with van der Waals surface area (Å²) in [5, 5.41) is 2.81. The van der Waals surface area contributed by atoms with E-state index >= 15 is 0 Å². The number of benzene rings is 1. The fourth-order valence-corrected chi connectivity index (χ4v) is 4.60. The van der Waals surface area contributed by atoms with Crippen LogP contribution in [0.3, 0.4) is 0 Å². The van der Waals surface area contributed by atoms with Crippen LogP contribution in [0.5, 0.6) is 0 Å². The van der Waals surface area contributed by atoms with Gasteiger partial charge in [-0.1, -0.05) is 30.5 Å². The minimum Gasteiger partial charge on any atom is -0.451 e. The predicted octanol–water partition coefficient (Wildman–Crippen LogP) is 3.05. The third-order valence-corrected chi connectivity index (χ3v) is 6.19. The standard InChI is InChI=1S/C23H30N2O5/c1-12-10-13(2)19(14(3)11-12)24-20(26)16(5)30-23(29)15(4)25-21(27)17-8-6-7-9-18(17)22(25)28/h10-11,15-18H,6-9H2,1-5H3,(H,24,26)/t15-,16?,17?,18?/m1/s1. The molecule has 7 heteroatoms. The molecule has 7 nitrogen and oxygen atoms in total. The SMILES string of the molecule is Cc1cc(C)c(NC(=O)C(C)OC(=O)[C@@H](C)N2C(=O)C3CCCCC3C2=O)c(C)c1. The minimum absolute atomic E-state index is 0.294. The summed E-state index contributed by atoms with van der Waals surface area (Å²) in [4.78, 5) is 51.6. The van der Waals surface area contributed by atoms with Crippen LogP contribution >= 0.6 is 0 Å². The number of esters is 1. The monoisotopic (exact) mass is 414 g/mol. The lowest BCUT2D eigenvalue weighted by Crippen LogP contribution is -2.46. The summed E-state index contributed by atoms with van der Waals surface area (Å²) in [5.74, 6) is -2.45. The number of rotatable bonds is 5. The van der Waals surface area contributed by atoms with Crippen molar-refractivity contribution in [2.75, 3.05) is 5.32 Å². The zero-order valence-corrected chi connectivity index (χ0v) is 18.3. The number of aryl methyl sites for hydroxylation is 3. The van der Waals surface area contributed by atoms with Crippen LogP contribution in [-0.2, 0) is 23.9 Å². The van der Waals surface area contributed by atoms with E-state index in [-0.39, 0.29) is 23.7 Å². The smallest absolute Gasteiger partial charge is 0.329 e. The summed E-state index contributed by atoms with van der Waals surface area (Å²) in [6.07, 6.45) is 2.14. The molecule has 1 aromatic carbocycles. The topological polar surface area (TPSA) is 92.8 Å². The second-order valence-corrected chi connectivity index (χ2v) is 8.56. The van der Waals surface area contributed by atoms with Crippen molar-refractivity contribution in [3.8, 4) is 0 Å². The summed E-state index contributed by atoms with van der Waals surface area (Å²) >= 11 is 0. The maximum Gasteiger partial charge on any atom is 0.329 e. The van der Waals surface area contributed by atoms with Crippen LogP contribution in [0.1, 0.15) is 56.2 Å². The molecular formula is C23H30N2O5. The number of nitrogens with one attached hydrogen (secondary N) is 1. The Morgan fingerprint density at radius 3 is 2.00 bits per heavy atom. The predicted molar refractivity (Wildman–Crippen MR) is 112 cm³/mol. The van der Waals surface area contributed by atoms with Crippen LogP contribution in [0.4, 0.5) is 5.69 Å². The van der Waals surface area contributed by atoms with Gasteiger partial charge in [0.1, 0.15) is 6.04 Å². The average Bonchev–Trinajstić information content (AvgIpc) is 2.94. The number of carbonyl (C=O) groups is 4. The number of nitrogens with zero attached hydrogens (tertiary/aromatic N) is 1. The third kappa shape index (κ3) is 4.11. The van der Waals surface area contributed by atoms with Crippen molar-refractivity contribution >= 4 is 29.4 Å². The van der Waals surface area contributed by atoms with Crippen LogP contribution in [0.25, 0.3) is 0 Å². The van der Waals surface area contributed by atoms with Crippen molar-refractivity contribution in [3.63, 3.8) is 0 Å². The van der Waals surface area contributed by atoms with Crippen molar-refractivity contribution in [2.24, 2.45) is 11.8 Å². The van der Waals surface area contributed by atoms with Gasteiger partial charge in [0, 0.05) is 5.69 Å². The van der Waals surface area contributed by atoms with Gasteiger partial charge in [-0.25, -0.2) is 4.79 Å². The first kappa shape index (κ1) is 22.0. The summed E-state index contributed by atoms with van der Waals surface area (Å²) in [6.45, 7) is 8.74. The number of hydrogen-bond donors (Lipinski definition) is 1. The zero-order valence-electron chi connectivity index (χ0n) is 18.3. The molecule has 1 N–H and O–H groups in total. The molecule has 1 aliphatic heterocycles. The Kier molecular flexibility index (Phi) is 6.29. The van der Waals surface area contributed by atoms with Gasteiger partial charge in [-0.2, -0.15) is 0 Å². The molecule has 1 saturated heterocycles. The van der Waals surface area contributed by atoms with Gasteiger partial charge in [-0.05, 0) is 58.6 Å². The number of imide groups is 1. The highest BCUT2D eigenvalue weighted by Gasteiger charge is 2.51. The van der Waals surface area contributed by atoms with Crippen molar-refractivity contribution in [1.82, 2.24) is 4.90 Å². The Bertz CT molecular complexity index is 847. The Morgan fingerprint density at radius 1 is 1.00 bits per heavy atom. The molecule has 0 aromatic heterocycles. The molecule has 1 aromatic rings. The molecule has 3 amide bonds. The highest BCUT2D eigenvalue weighted by molar-refractivity contribution is 6.08. The molecule has 0 bridgehead atoms. The maximum atomic E-state index is 12.7. The summed E-state index contributed by atoms with van der Waals surface area (Å²) in [7, 11) is 0. The summed E-state index contributed by atoms with van der Waals surface area (Å²) in [6, 6.07) is 2.88. The Labute approximate surface area is 177 Å². The lowest BCUT2D eigenvalue weighted by Gasteiger charge is -2.23. The number of hydrogen-bond acceptors (Lipinski definition) is 5. The van der Waals surface area contributed by atoms with Crippen LogP contribution in [0.15, 0.2) is 12.1 Å². The second-order valence-electron chi connectivity index (χ2n) is 8.56. The van der Waals surface area contributed by atoms with Gasteiger partial charge >= 0.3 is 5.97 Å². The van der Waals surface area contributed by atoms with Crippen LogP contribution in [-0.4, -0.2) is 40.7 Å². The van der Waals surface area contributed by atoms with Crippen LogP contribution in [0.2, 0.25) is 0 Å².